The fourth-order valence-electron chi connectivity index (χ4n) is 2.98. The normalized spacial score (nSPS) is 14.6. The summed E-state index contributed by atoms with van der Waals surface area (Å²) < 4.78 is 0. The van der Waals surface area contributed by atoms with Crippen LogP contribution < -0.4 is 21.3 Å². The first-order chi connectivity index (χ1) is 11.8. The third kappa shape index (κ3) is 7.95. The second kappa shape index (κ2) is 11.4. The molecule has 1 fully saturated rings. The largest absolute Gasteiger partial charge is 0.371 e. The van der Waals surface area contributed by atoms with E-state index < -0.39 is 0 Å². The molecule has 0 spiro atoms. The molecule has 1 aliphatic heterocycles. The molecule has 0 bridgehead atoms. The van der Waals surface area contributed by atoms with Crippen LogP contribution >= 0.6 is 24.8 Å². The van der Waals surface area contributed by atoms with Crippen LogP contribution in [0.4, 0.5) is 5.69 Å². The molecule has 0 saturated carbocycles. The van der Waals surface area contributed by atoms with Gasteiger partial charge in [-0.05, 0) is 36.0 Å². The van der Waals surface area contributed by atoms with Gasteiger partial charge in [0.25, 0.3) is 0 Å². The molecule has 8 heteroatoms. The van der Waals surface area contributed by atoms with E-state index >= 15 is 0 Å². The summed E-state index contributed by atoms with van der Waals surface area (Å²) in [5, 5.41) is 5.47. The number of nitrogens with one attached hydrogen (secondary N) is 2. The molecule has 0 aliphatic carbocycles. The summed E-state index contributed by atoms with van der Waals surface area (Å²) in [5.41, 5.74) is 7.92. The third-order valence-corrected chi connectivity index (χ3v) is 4.59. The second-order valence-corrected chi connectivity index (χ2v) is 7.61. The van der Waals surface area contributed by atoms with Crippen molar-refractivity contribution in [3.05, 3.63) is 29.8 Å². The number of amides is 2. The molecule has 2 rings (SSSR count). The van der Waals surface area contributed by atoms with Crippen molar-refractivity contribution in [1.29, 1.82) is 0 Å². The molecule has 1 aromatic rings. The molecule has 27 heavy (non-hydrogen) atoms. The van der Waals surface area contributed by atoms with E-state index in [1.165, 1.54) is 11.3 Å². The topological polar surface area (TPSA) is 87.5 Å². The van der Waals surface area contributed by atoms with Crippen LogP contribution in [0.2, 0.25) is 0 Å². The zero-order valence-corrected chi connectivity index (χ0v) is 17.9. The predicted octanol–water partition coefficient (Wildman–Crippen LogP) is 1.99. The van der Waals surface area contributed by atoms with Crippen molar-refractivity contribution in [3.63, 3.8) is 0 Å². The van der Waals surface area contributed by atoms with Gasteiger partial charge in [-0.15, -0.1) is 24.8 Å². The monoisotopic (exact) mass is 418 g/mol. The summed E-state index contributed by atoms with van der Waals surface area (Å²) in [7, 11) is 0. The van der Waals surface area contributed by atoms with Crippen LogP contribution in [0.25, 0.3) is 0 Å². The number of rotatable bonds is 5. The Morgan fingerprint density at radius 3 is 2.11 bits per heavy atom. The first kappa shape index (κ1) is 25.5. The Hall–Kier alpha value is -1.50. The molecule has 2 amide bonds. The molecule has 1 saturated heterocycles. The number of hydrogen-bond donors (Lipinski definition) is 3. The van der Waals surface area contributed by atoms with Crippen LogP contribution in [0.1, 0.15) is 39.2 Å². The maximum atomic E-state index is 11.8. The lowest BCUT2D eigenvalue weighted by Crippen LogP contribution is -2.48. The molecule has 0 radical (unpaired) electrons. The average molecular weight is 419 g/mol. The van der Waals surface area contributed by atoms with Crippen molar-refractivity contribution in [2.75, 3.05) is 31.1 Å². The molecule has 0 atom stereocenters. The van der Waals surface area contributed by atoms with E-state index in [9.17, 15) is 9.59 Å². The molecule has 0 aromatic heterocycles. The van der Waals surface area contributed by atoms with Gasteiger partial charge in [0.2, 0.25) is 11.8 Å². The third-order valence-electron chi connectivity index (χ3n) is 4.59. The van der Waals surface area contributed by atoms with Gasteiger partial charge in [-0.1, -0.05) is 32.9 Å². The number of anilines is 1. The number of carbonyl (C=O) groups excluding carboxylic acids is 2. The minimum absolute atomic E-state index is 0. The van der Waals surface area contributed by atoms with Crippen LogP contribution in [0, 0.1) is 0 Å². The number of nitrogens with zero attached hydrogens (tertiary/aromatic N) is 1. The van der Waals surface area contributed by atoms with Gasteiger partial charge in [0.05, 0.1) is 13.1 Å². The Bertz CT molecular complexity index is 595. The lowest BCUT2D eigenvalue weighted by atomic mass is 9.87. The minimum atomic E-state index is -0.316. The number of halogens is 2. The lowest BCUT2D eigenvalue weighted by Gasteiger charge is -2.34. The summed E-state index contributed by atoms with van der Waals surface area (Å²) >= 11 is 0. The first-order valence-corrected chi connectivity index (χ1v) is 8.91. The molecule has 1 aliphatic rings. The maximum Gasteiger partial charge on any atom is 0.239 e. The molecule has 6 nitrogen and oxygen atoms in total. The first-order valence-electron chi connectivity index (χ1n) is 8.91. The maximum absolute atomic E-state index is 11.8. The summed E-state index contributed by atoms with van der Waals surface area (Å²) in [6.45, 7) is 8.36. The molecule has 0 unspecified atom stereocenters. The number of piperidine rings is 1. The van der Waals surface area contributed by atoms with Crippen molar-refractivity contribution >= 4 is 42.3 Å². The van der Waals surface area contributed by atoms with E-state index in [0.29, 0.717) is 0 Å². The number of nitrogens with two attached hydrogens (primary N) is 1. The Morgan fingerprint density at radius 2 is 1.63 bits per heavy atom. The fraction of sp³-hybridized carbons (Fsp3) is 0.579. The number of hydrogen-bond acceptors (Lipinski definition) is 4. The van der Waals surface area contributed by atoms with Gasteiger partial charge in [0.15, 0.2) is 0 Å². The zero-order valence-electron chi connectivity index (χ0n) is 16.3. The Labute approximate surface area is 174 Å². The SMILES string of the molecule is CC(C)(C)c1ccc(N2CCC(NC(=O)CNC(=O)CN)CC2)cc1.Cl.Cl. The molecule has 4 N–H and O–H groups in total. The summed E-state index contributed by atoms with van der Waals surface area (Å²) in [6, 6.07) is 8.92. The quantitative estimate of drug-likeness (QED) is 0.681. The van der Waals surface area contributed by atoms with E-state index in [-0.39, 0.29) is 61.2 Å². The standard InChI is InChI=1S/C19H30N4O2.2ClH/c1-19(2,3)14-4-6-16(7-5-14)23-10-8-15(9-11-23)22-18(25)13-21-17(24)12-20;;/h4-7,15H,8-13,20H2,1-3H3,(H,21,24)(H,22,25);2*1H. The van der Waals surface area contributed by atoms with Crippen molar-refractivity contribution in [2.45, 2.75) is 45.1 Å². The van der Waals surface area contributed by atoms with Gasteiger partial charge in [0, 0.05) is 24.8 Å². The van der Waals surface area contributed by atoms with E-state index in [0.717, 1.165) is 25.9 Å². The van der Waals surface area contributed by atoms with Gasteiger partial charge in [-0.25, -0.2) is 0 Å². The Morgan fingerprint density at radius 1 is 1.07 bits per heavy atom. The molecule has 1 aromatic carbocycles. The highest BCUT2D eigenvalue weighted by molar-refractivity contribution is 5.86. The van der Waals surface area contributed by atoms with Gasteiger partial charge < -0.3 is 21.3 Å². The highest BCUT2D eigenvalue weighted by Crippen LogP contribution is 2.26. The molecule has 1 heterocycles. The van der Waals surface area contributed by atoms with Crippen LogP contribution in [0.15, 0.2) is 24.3 Å². The van der Waals surface area contributed by atoms with Crippen LogP contribution in [0.3, 0.4) is 0 Å². The predicted molar refractivity (Wildman–Crippen MR) is 115 cm³/mol. The molecular formula is C19H32Cl2N4O2. The highest BCUT2D eigenvalue weighted by Gasteiger charge is 2.21. The van der Waals surface area contributed by atoms with Crippen molar-refractivity contribution < 1.29 is 9.59 Å². The molecular weight excluding hydrogens is 387 g/mol. The van der Waals surface area contributed by atoms with E-state index in [1.807, 2.05) is 0 Å². The summed E-state index contributed by atoms with van der Waals surface area (Å²) in [5.74, 6) is -0.474. The number of carbonyl (C=O) groups is 2. The van der Waals surface area contributed by atoms with Crippen molar-refractivity contribution in [2.24, 2.45) is 5.73 Å². The van der Waals surface area contributed by atoms with E-state index in [2.05, 4.69) is 60.6 Å². The summed E-state index contributed by atoms with van der Waals surface area (Å²) in [4.78, 5) is 25.3. The smallest absolute Gasteiger partial charge is 0.239 e. The highest BCUT2D eigenvalue weighted by atomic mass is 35.5. The van der Waals surface area contributed by atoms with Crippen LogP contribution in [-0.4, -0.2) is 44.0 Å². The lowest BCUT2D eigenvalue weighted by molar-refractivity contribution is -0.125. The Balaban J connectivity index is 0.00000338. The van der Waals surface area contributed by atoms with Crippen molar-refractivity contribution in [3.8, 4) is 0 Å². The van der Waals surface area contributed by atoms with E-state index in [1.54, 1.807) is 0 Å². The fourth-order valence-corrected chi connectivity index (χ4v) is 2.98. The van der Waals surface area contributed by atoms with Crippen LogP contribution in [0.5, 0.6) is 0 Å². The van der Waals surface area contributed by atoms with Gasteiger partial charge in [-0.3, -0.25) is 9.59 Å². The minimum Gasteiger partial charge on any atom is -0.371 e. The second-order valence-electron chi connectivity index (χ2n) is 7.61. The van der Waals surface area contributed by atoms with Gasteiger partial charge in [-0.2, -0.15) is 0 Å². The van der Waals surface area contributed by atoms with Crippen molar-refractivity contribution in [1.82, 2.24) is 10.6 Å². The number of benzene rings is 1. The van der Waals surface area contributed by atoms with E-state index in [4.69, 9.17) is 5.73 Å². The van der Waals surface area contributed by atoms with Gasteiger partial charge >= 0.3 is 0 Å². The van der Waals surface area contributed by atoms with Gasteiger partial charge in [0.1, 0.15) is 0 Å². The summed E-state index contributed by atoms with van der Waals surface area (Å²) in [6.07, 6.45) is 1.80. The zero-order chi connectivity index (χ0) is 18.4. The van der Waals surface area contributed by atoms with Crippen LogP contribution in [-0.2, 0) is 15.0 Å². The Kier molecular flexibility index (Phi) is 10.7. The molecule has 154 valence electrons. The average Bonchev–Trinajstić information content (AvgIpc) is 2.59.